The number of carboxylic acid groups (broad SMARTS) is 1. The Balaban J connectivity index is 2.25. The predicted molar refractivity (Wildman–Crippen MR) is 64.2 cm³/mol. The lowest BCUT2D eigenvalue weighted by Crippen LogP contribution is -2.43. The van der Waals surface area contributed by atoms with Gasteiger partial charge in [0.05, 0.1) is 18.8 Å². The predicted octanol–water partition coefficient (Wildman–Crippen LogP) is 0.550. The topological polar surface area (TPSA) is 84.9 Å². The number of nitrogens with one attached hydrogen (secondary N) is 1. The Bertz CT molecular complexity index is 294. The summed E-state index contributed by atoms with van der Waals surface area (Å²) in [5.41, 5.74) is 0. The van der Waals surface area contributed by atoms with Gasteiger partial charge in [-0.15, -0.1) is 0 Å². The molecule has 1 fully saturated rings. The Morgan fingerprint density at radius 1 is 1.50 bits per heavy atom. The van der Waals surface area contributed by atoms with Crippen molar-refractivity contribution in [2.24, 2.45) is 0 Å². The molecule has 1 aliphatic rings. The van der Waals surface area contributed by atoms with Crippen LogP contribution in [0.3, 0.4) is 0 Å². The second kappa shape index (κ2) is 7.33. The van der Waals surface area contributed by atoms with Crippen LogP contribution < -0.4 is 5.32 Å². The van der Waals surface area contributed by atoms with Crippen LogP contribution in [-0.2, 0) is 19.1 Å². The zero-order chi connectivity index (χ0) is 13.5. The van der Waals surface area contributed by atoms with Crippen LogP contribution in [0.1, 0.15) is 32.6 Å². The van der Waals surface area contributed by atoms with E-state index >= 15 is 0 Å². The van der Waals surface area contributed by atoms with Gasteiger partial charge in [0.15, 0.2) is 6.04 Å². The second-order valence-electron chi connectivity index (χ2n) is 4.60. The van der Waals surface area contributed by atoms with Crippen LogP contribution in [0.15, 0.2) is 0 Å². The normalized spacial score (nSPS) is 24.8. The first-order valence-corrected chi connectivity index (χ1v) is 6.19. The molecule has 2 N–H and O–H groups in total. The van der Waals surface area contributed by atoms with E-state index in [0.717, 1.165) is 12.8 Å². The Morgan fingerprint density at radius 2 is 2.22 bits per heavy atom. The molecule has 0 aromatic carbocycles. The van der Waals surface area contributed by atoms with Gasteiger partial charge in [-0.05, 0) is 26.2 Å². The van der Waals surface area contributed by atoms with Gasteiger partial charge in [0.25, 0.3) is 0 Å². The number of ether oxygens (including phenoxy) is 2. The summed E-state index contributed by atoms with van der Waals surface area (Å²) in [6.45, 7) is 1.98. The fraction of sp³-hybridized carbons (Fsp3) is 0.833. The molecule has 0 spiro atoms. The minimum atomic E-state index is -1.09. The molecule has 1 heterocycles. The van der Waals surface area contributed by atoms with Crippen molar-refractivity contribution < 1.29 is 24.2 Å². The molecule has 0 aromatic rings. The molecule has 3 unspecified atom stereocenters. The van der Waals surface area contributed by atoms with Crippen LogP contribution in [0.4, 0.5) is 0 Å². The molecular formula is C12H21NO5. The van der Waals surface area contributed by atoms with Crippen molar-refractivity contribution in [3.8, 4) is 0 Å². The number of carbonyl (C=O) groups is 2. The van der Waals surface area contributed by atoms with Gasteiger partial charge in [-0.25, -0.2) is 4.79 Å². The molecule has 0 aliphatic carbocycles. The summed E-state index contributed by atoms with van der Waals surface area (Å²) in [5, 5.41) is 11.3. The Labute approximate surface area is 107 Å². The third-order valence-electron chi connectivity index (χ3n) is 2.98. The SMILES string of the molecule is COCC(NC(=O)CCC1CCC(C)O1)C(=O)O. The number of amides is 1. The summed E-state index contributed by atoms with van der Waals surface area (Å²) in [7, 11) is 1.40. The van der Waals surface area contributed by atoms with E-state index in [1.807, 2.05) is 6.92 Å². The molecule has 0 radical (unpaired) electrons. The first kappa shape index (κ1) is 14.9. The van der Waals surface area contributed by atoms with Crippen LogP contribution in [0.5, 0.6) is 0 Å². The number of carbonyl (C=O) groups excluding carboxylic acids is 1. The highest BCUT2D eigenvalue weighted by molar-refractivity contribution is 5.83. The molecule has 1 rings (SSSR count). The molecule has 1 aliphatic heterocycles. The summed E-state index contributed by atoms with van der Waals surface area (Å²) >= 11 is 0. The fourth-order valence-corrected chi connectivity index (χ4v) is 2.00. The first-order valence-electron chi connectivity index (χ1n) is 6.19. The smallest absolute Gasteiger partial charge is 0.328 e. The maximum atomic E-state index is 11.6. The van der Waals surface area contributed by atoms with E-state index in [-0.39, 0.29) is 31.1 Å². The number of carboxylic acids is 1. The van der Waals surface area contributed by atoms with Gasteiger partial charge in [0.1, 0.15) is 0 Å². The lowest BCUT2D eigenvalue weighted by molar-refractivity contribution is -0.143. The Hall–Kier alpha value is -1.14. The van der Waals surface area contributed by atoms with Crippen molar-refractivity contribution in [1.29, 1.82) is 0 Å². The summed E-state index contributed by atoms with van der Waals surface area (Å²) < 4.78 is 10.3. The standard InChI is InChI=1S/C12H21NO5/c1-8-3-4-9(18-8)5-6-11(14)13-10(7-17-2)12(15)16/h8-10H,3-7H2,1-2H3,(H,13,14)(H,15,16). The van der Waals surface area contributed by atoms with Gasteiger partial charge < -0.3 is 19.9 Å². The molecule has 1 amide bonds. The lowest BCUT2D eigenvalue weighted by Gasteiger charge is -2.15. The van der Waals surface area contributed by atoms with E-state index < -0.39 is 12.0 Å². The third-order valence-corrected chi connectivity index (χ3v) is 2.98. The number of hydrogen-bond acceptors (Lipinski definition) is 4. The lowest BCUT2D eigenvalue weighted by atomic mass is 10.1. The average molecular weight is 259 g/mol. The highest BCUT2D eigenvalue weighted by Crippen LogP contribution is 2.22. The summed E-state index contributed by atoms with van der Waals surface area (Å²) in [6.07, 6.45) is 3.29. The van der Waals surface area contributed by atoms with E-state index in [2.05, 4.69) is 5.32 Å². The van der Waals surface area contributed by atoms with Crippen LogP contribution >= 0.6 is 0 Å². The van der Waals surface area contributed by atoms with E-state index in [4.69, 9.17) is 14.6 Å². The van der Waals surface area contributed by atoms with Crippen molar-refractivity contribution in [1.82, 2.24) is 5.32 Å². The maximum absolute atomic E-state index is 11.6. The van der Waals surface area contributed by atoms with Crippen molar-refractivity contribution >= 4 is 11.9 Å². The van der Waals surface area contributed by atoms with Crippen molar-refractivity contribution in [3.05, 3.63) is 0 Å². The summed E-state index contributed by atoms with van der Waals surface area (Å²) in [5.74, 6) is -1.36. The molecule has 0 bridgehead atoms. The molecule has 6 heteroatoms. The summed E-state index contributed by atoms with van der Waals surface area (Å²) in [4.78, 5) is 22.4. The third kappa shape index (κ3) is 5.01. The van der Waals surface area contributed by atoms with Crippen molar-refractivity contribution in [3.63, 3.8) is 0 Å². The summed E-state index contributed by atoms with van der Waals surface area (Å²) in [6, 6.07) is -0.981. The van der Waals surface area contributed by atoms with Crippen molar-refractivity contribution in [2.75, 3.05) is 13.7 Å². The Kier molecular flexibility index (Phi) is 6.07. The van der Waals surface area contributed by atoms with Gasteiger partial charge in [-0.2, -0.15) is 0 Å². The molecule has 0 aromatic heterocycles. The highest BCUT2D eigenvalue weighted by atomic mass is 16.5. The number of rotatable bonds is 7. The molecule has 1 saturated heterocycles. The van der Waals surface area contributed by atoms with E-state index in [0.29, 0.717) is 6.42 Å². The number of methoxy groups -OCH3 is 1. The van der Waals surface area contributed by atoms with E-state index in [1.54, 1.807) is 0 Å². The van der Waals surface area contributed by atoms with Gasteiger partial charge in [-0.1, -0.05) is 0 Å². The average Bonchev–Trinajstić information content (AvgIpc) is 2.72. The molecule has 104 valence electrons. The first-order chi connectivity index (χ1) is 8.52. The van der Waals surface area contributed by atoms with Gasteiger partial charge in [-0.3, -0.25) is 4.79 Å². The van der Waals surface area contributed by atoms with Crippen LogP contribution in [0.2, 0.25) is 0 Å². The molecule has 6 nitrogen and oxygen atoms in total. The Morgan fingerprint density at radius 3 is 2.72 bits per heavy atom. The van der Waals surface area contributed by atoms with Crippen LogP contribution in [0.25, 0.3) is 0 Å². The van der Waals surface area contributed by atoms with Gasteiger partial charge in [0.2, 0.25) is 5.91 Å². The second-order valence-corrected chi connectivity index (χ2v) is 4.60. The highest BCUT2D eigenvalue weighted by Gasteiger charge is 2.24. The van der Waals surface area contributed by atoms with E-state index in [1.165, 1.54) is 7.11 Å². The molecule has 3 atom stereocenters. The van der Waals surface area contributed by atoms with Crippen molar-refractivity contribution in [2.45, 2.75) is 50.9 Å². The quantitative estimate of drug-likeness (QED) is 0.697. The number of hydrogen-bond donors (Lipinski definition) is 2. The zero-order valence-corrected chi connectivity index (χ0v) is 10.8. The van der Waals surface area contributed by atoms with Crippen LogP contribution in [-0.4, -0.2) is 48.9 Å². The van der Waals surface area contributed by atoms with Gasteiger partial charge >= 0.3 is 5.97 Å². The monoisotopic (exact) mass is 259 g/mol. The van der Waals surface area contributed by atoms with Crippen LogP contribution in [0, 0.1) is 0 Å². The zero-order valence-electron chi connectivity index (χ0n) is 10.8. The minimum absolute atomic E-state index is 0.0297. The molecular weight excluding hydrogens is 238 g/mol. The van der Waals surface area contributed by atoms with Gasteiger partial charge in [0, 0.05) is 13.5 Å². The largest absolute Gasteiger partial charge is 0.480 e. The van der Waals surface area contributed by atoms with E-state index in [9.17, 15) is 9.59 Å². The maximum Gasteiger partial charge on any atom is 0.328 e. The molecule has 18 heavy (non-hydrogen) atoms. The fourth-order valence-electron chi connectivity index (χ4n) is 2.00. The minimum Gasteiger partial charge on any atom is -0.480 e. The molecule has 0 saturated carbocycles. The number of aliphatic carboxylic acids is 1.